The van der Waals surface area contributed by atoms with Crippen LogP contribution >= 0.6 is 22.9 Å². The highest BCUT2D eigenvalue weighted by molar-refractivity contribution is 7.89. The van der Waals surface area contributed by atoms with Crippen molar-refractivity contribution in [3.8, 4) is 0 Å². The molecule has 0 saturated heterocycles. The van der Waals surface area contributed by atoms with Gasteiger partial charge in [0.25, 0.3) is 5.91 Å². The van der Waals surface area contributed by atoms with Crippen molar-refractivity contribution in [1.29, 1.82) is 0 Å². The molecule has 1 amide bonds. The summed E-state index contributed by atoms with van der Waals surface area (Å²) >= 11 is 7.47. The molecule has 0 spiro atoms. The highest BCUT2D eigenvalue weighted by Gasteiger charge is 2.22. The summed E-state index contributed by atoms with van der Waals surface area (Å²) < 4.78 is 32.4. The number of pyridine rings is 1. The number of hydrogen-bond acceptors (Lipinski definition) is 9. The number of nitrogens with zero attached hydrogens (tertiary/aromatic N) is 4. The Morgan fingerprint density at radius 3 is 2.61 bits per heavy atom. The molecule has 1 aromatic carbocycles. The van der Waals surface area contributed by atoms with E-state index in [1.165, 1.54) is 35.7 Å². The van der Waals surface area contributed by atoms with E-state index >= 15 is 0 Å². The molecule has 0 atom stereocenters. The first-order valence-electron chi connectivity index (χ1n) is 8.88. The fourth-order valence-corrected chi connectivity index (χ4v) is 4.76. The van der Waals surface area contributed by atoms with E-state index in [-0.39, 0.29) is 39.1 Å². The van der Waals surface area contributed by atoms with Gasteiger partial charge in [0.2, 0.25) is 10.0 Å². The monoisotopic (exact) mass is 478 g/mol. The van der Waals surface area contributed by atoms with Crippen LogP contribution in [-0.4, -0.2) is 34.6 Å². The van der Waals surface area contributed by atoms with Crippen molar-refractivity contribution < 1.29 is 17.8 Å². The van der Waals surface area contributed by atoms with Crippen molar-refractivity contribution in [1.82, 2.24) is 30.3 Å². The second-order valence-corrected chi connectivity index (χ2v) is 9.87. The molecule has 2 N–H and O–H groups in total. The minimum Gasteiger partial charge on any atom is -0.346 e. The van der Waals surface area contributed by atoms with Gasteiger partial charge in [-0.1, -0.05) is 17.7 Å². The van der Waals surface area contributed by atoms with E-state index in [0.29, 0.717) is 12.1 Å². The molecule has 0 fully saturated rings. The summed E-state index contributed by atoms with van der Waals surface area (Å²) in [4.78, 5) is 21.3. The van der Waals surface area contributed by atoms with Crippen LogP contribution in [0.15, 0.2) is 46.2 Å². The normalized spacial score (nSPS) is 11.7. The first-order valence-corrected chi connectivity index (χ1v) is 11.6. The summed E-state index contributed by atoms with van der Waals surface area (Å²) in [5.74, 6) is -0.333. The number of amides is 1. The minimum atomic E-state index is -3.92. The molecular weight excluding hydrogens is 464 g/mol. The number of carbonyl (C=O) groups is 1. The fraction of sp³-hybridized carbons (Fsp3) is 0.167. The average molecular weight is 479 g/mol. The molecule has 0 bridgehead atoms. The largest absolute Gasteiger partial charge is 0.346 e. The van der Waals surface area contributed by atoms with Gasteiger partial charge >= 0.3 is 0 Å². The van der Waals surface area contributed by atoms with Gasteiger partial charge in [-0.2, -0.15) is 0 Å². The lowest BCUT2D eigenvalue weighted by molar-refractivity contribution is 0.0946. The van der Waals surface area contributed by atoms with Crippen molar-refractivity contribution in [3.05, 3.63) is 62.8 Å². The van der Waals surface area contributed by atoms with Gasteiger partial charge in [0, 0.05) is 23.8 Å². The summed E-state index contributed by atoms with van der Waals surface area (Å²) in [7, 11) is -3.92. The lowest BCUT2D eigenvalue weighted by Crippen LogP contribution is -2.25. The molecule has 0 unspecified atom stereocenters. The number of hydrogen-bond donors (Lipinski definition) is 2. The number of thiazole rings is 1. The molecule has 0 aliphatic carbocycles. The number of fused-ring (bicyclic) bond motifs is 1. The van der Waals surface area contributed by atoms with E-state index in [1.807, 2.05) is 6.92 Å². The van der Waals surface area contributed by atoms with Crippen molar-refractivity contribution in [2.75, 3.05) is 0 Å². The first kappa shape index (κ1) is 21.3. The zero-order valence-electron chi connectivity index (χ0n) is 16.0. The highest BCUT2D eigenvalue weighted by atomic mass is 35.5. The Kier molecular flexibility index (Phi) is 5.96. The summed E-state index contributed by atoms with van der Waals surface area (Å²) in [5, 5.41) is 11.2. The summed E-state index contributed by atoms with van der Waals surface area (Å²) in [6.45, 7) is 2.22. The summed E-state index contributed by atoms with van der Waals surface area (Å²) in [6.07, 6.45) is 3.15. The maximum Gasteiger partial charge on any atom is 0.270 e. The number of aromatic nitrogens is 4. The topological polar surface area (TPSA) is 140 Å². The lowest BCUT2D eigenvalue weighted by atomic mass is 10.2. The molecule has 160 valence electrons. The van der Waals surface area contributed by atoms with Crippen LogP contribution in [0.3, 0.4) is 0 Å². The molecule has 3 heterocycles. The molecule has 31 heavy (non-hydrogen) atoms. The summed E-state index contributed by atoms with van der Waals surface area (Å²) in [5.41, 5.74) is 0.999. The van der Waals surface area contributed by atoms with E-state index in [0.717, 1.165) is 9.88 Å². The Hall–Kier alpha value is -2.93. The van der Waals surface area contributed by atoms with E-state index in [4.69, 9.17) is 11.6 Å². The van der Waals surface area contributed by atoms with Crippen LogP contribution in [0.1, 0.15) is 25.9 Å². The second-order valence-electron chi connectivity index (χ2n) is 6.41. The third-order valence-corrected chi connectivity index (χ3v) is 6.89. The molecule has 4 aromatic rings. The van der Waals surface area contributed by atoms with Crippen LogP contribution in [0.4, 0.5) is 0 Å². The quantitative estimate of drug-likeness (QED) is 0.412. The van der Waals surface area contributed by atoms with Crippen LogP contribution in [-0.2, 0) is 23.1 Å². The molecule has 0 saturated carbocycles. The summed E-state index contributed by atoms with van der Waals surface area (Å²) in [6, 6.07) is 5.88. The second kappa shape index (κ2) is 8.67. The van der Waals surface area contributed by atoms with Gasteiger partial charge in [-0.05, 0) is 41.0 Å². The van der Waals surface area contributed by atoms with Crippen LogP contribution in [0.2, 0.25) is 5.02 Å². The smallest absolute Gasteiger partial charge is 0.270 e. The molecule has 0 aliphatic rings. The van der Waals surface area contributed by atoms with E-state index in [2.05, 4.69) is 34.9 Å². The van der Waals surface area contributed by atoms with Crippen LogP contribution in [0, 0.1) is 6.92 Å². The third kappa shape index (κ3) is 4.71. The van der Waals surface area contributed by atoms with Crippen molar-refractivity contribution in [3.63, 3.8) is 0 Å². The van der Waals surface area contributed by atoms with Crippen molar-refractivity contribution in [2.24, 2.45) is 0 Å². The molecule has 10 nitrogen and oxygen atoms in total. The number of sulfonamides is 1. The molecule has 0 aliphatic heterocycles. The van der Waals surface area contributed by atoms with E-state index < -0.39 is 10.0 Å². The predicted octanol–water partition coefficient (Wildman–Crippen LogP) is 2.44. The van der Waals surface area contributed by atoms with Gasteiger partial charge in [-0.15, -0.1) is 11.3 Å². The number of carbonyl (C=O) groups excluding carboxylic acids is 1. The predicted molar refractivity (Wildman–Crippen MR) is 113 cm³/mol. The standard InChI is InChI=1S/C18H15ClN6O4S2/c1-10-20-8-12(30-10)9-22-18(26)14-4-2-11(6-21-14)7-23-31(27,28)15-5-3-13(19)16-17(15)25-29-24-16/h2-6,8,23H,7,9H2,1H3,(H,22,26). The third-order valence-electron chi connectivity index (χ3n) is 4.23. The molecule has 4 rings (SSSR count). The Labute approximate surface area is 185 Å². The van der Waals surface area contributed by atoms with E-state index in [9.17, 15) is 13.2 Å². The maximum atomic E-state index is 12.7. The zero-order chi connectivity index (χ0) is 22.0. The van der Waals surface area contributed by atoms with Crippen molar-refractivity contribution >= 4 is 49.9 Å². The van der Waals surface area contributed by atoms with Crippen molar-refractivity contribution in [2.45, 2.75) is 24.9 Å². The molecule has 0 radical (unpaired) electrons. The van der Waals surface area contributed by atoms with Crippen LogP contribution in [0.5, 0.6) is 0 Å². The molecule has 13 heteroatoms. The van der Waals surface area contributed by atoms with E-state index in [1.54, 1.807) is 12.3 Å². The van der Waals surface area contributed by atoms with Gasteiger partial charge in [0.15, 0.2) is 11.0 Å². The Morgan fingerprint density at radius 2 is 1.90 bits per heavy atom. The Bertz CT molecular complexity index is 1350. The number of benzene rings is 1. The van der Waals surface area contributed by atoms with Gasteiger partial charge in [0.1, 0.15) is 10.6 Å². The Morgan fingerprint density at radius 1 is 1.10 bits per heavy atom. The van der Waals surface area contributed by atoms with Gasteiger partial charge < -0.3 is 5.32 Å². The van der Waals surface area contributed by atoms with Gasteiger partial charge in [-0.25, -0.2) is 22.8 Å². The first-order chi connectivity index (χ1) is 14.8. The average Bonchev–Trinajstić information content (AvgIpc) is 3.40. The van der Waals surface area contributed by atoms with Crippen LogP contribution in [0.25, 0.3) is 11.0 Å². The zero-order valence-corrected chi connectivity index (χ0v) is 18.4. The number of aryl methyl sites for hydroxylation is 1. The van der Waals surface area contributed by atoms with Gasteiger partial charge in [0.05, 0.1) is 16.6 Å². The lowest BCUT2D eigenvalue weighted by Gasteiger charge is -2.08. The highest BCUT2D eigenvalue weighted by Crippen LogP contribution is 2.26. The number of rotatable bonds is 7. The number of halogens is 1. The Balaban J connectivity index is 1.40. The maximum absolute atomic E-state index is 12.7. The van der Waals surface area contributed by atoms with Crippen LogP contribution < -0.4 is 10.0 Å². The molecular formula is C18H15ClN6O4S2. The fourth-order valence-electron chi connectivity index (χ4n) is 2.69. The number of nitrogens with one attached hydrogen (secondary N) is 2. The SMILES string of the molecule is Cc1ncc(CNC(=O)c2ccc(CNS(=O)(=O)c3ccc(Cl)c4nonc34)cn2)s1. The molecule has 3 aromatic heterocycles. The van der Waals surface area contributed by atoms with Gasteiger partial charge in [-0.3, -0.25) is 9.78 Å². The minimum absolute atomic E-state index is 0.0349.